The van der Waals surface area contributed by atoms with E-state index in [9.17, 15) is 0 Å². The standard InChI is InChI=1S/C19H20N2/c1-20-18-11-16(13-7-3-4-8-14(13)18)17-12-21(2)19-10-6-5-9-15(17)19/h3-10,12,16,18,20H,11H2,1-2H3/t16-,18+/m1/s1. The van der Waals surface area contributed by atoms with Crippen molar-refractivity contribution in [2.24, 2.45) is 7.05 Å². The van der Waals surface area contributed by atoms with E-state index in [-0.39, 0.29) is 0 Å². The molecule has 0 unspecified atom stereocenters. The molecule has 1 aromatic heterocycles. The number of nitrogens with one attached hydrogen (secondary N) is 1. The number of aryl methyl sites for hydroxylation is 1. The minimum absolute atomic E-state index is 0.463. The van der Waals surface area contributed by atoms with Crippen LogP contribution in [0.2, 0.25) is 0 Å². The lowest BCUT2D eigenvalue weighted by atomic mass is 9.93. The van der Waals surface area contributed by atoms with E-state index < -0.39 is 0 Å². The molecule has 0 radical (unpaired) electrons. The number of fused-ring (bicyclic) bond motifs is 2. The van der Waals surface area contributed by atoms with Crippen LogP contribution in [0.1, 0.15) is 35.1 Å². The van der Waals surface area contributed by atoms with Crippen molar-refractivity contribution in [2.45, 2.75) is 18.4 Å². The number of aromatic nitrogens is 1. The van der Waals surface area contributed by atoms with Gasteiger partial charge in [-0.05, 0) is 36.2 Å². The van der Waals surface area contributed by atoms with E-state index in [0.29, 0.717) is 12.0 Å². The fourth-order valence-electron chi connectivity index (χ4n) is 3.85. The summed E-state index contributed by atoms with van der Waals surface area (Å²) in [6.45, 7) is 0. The highest BCUT2D eigenvalue weighted by atomic mass is 14.9. The van der Waals surface area contributed by atoms with E-state index in [1.807, 2.05) is 0 Å². The average Bonchev–Trinajstić information content (AvgIpc) is 3.06. The molecule has 0 spiro atoms. The van der Waals surface area contributed by atoms with E-state index in [1.54, 1.807) is 0 Å². The molecule has 0 fully saturated rings. The molecule has 0 aliphatic heterocycles. The van der Waals surface area contributed by atoms with Gasteiger partial charge in [0.1, 0.15) is 0 Å². The molecular weight excluding hydrogens is 256 g/mol. The number of para-hydroxylation sites is 1. The van der Waals surface area contributed by atoms with Crippen LogP contribution in [0.3, 0.4) is 0 Å². The Morgan fingerprint density at radius 3 is 2.48 bits per heavy atom. The average molecular weight is 276 g/mol. The van der Waals surface area contributed by atoms with Crippen LogP contribution in [0, 0.1) is 0 Å². The Bertz CT molecular complexity index is 800. The topological polar surface area (TPSA) is 17.0 Å². The Morgan fingerprint density at radius 1 is 0.952 bits per heavy atom. The van der Waals surface area contributed by atoms with Gasteiger partial charge in [-0.15, -0.1) is 0 Å². The number of hydrogen-bond acceptors (Lipinski definition) is 1. The van der Waals surface area contributed by atoms with Crippen molar-refractivity contribution in [3.8, 4) is 0 Å². The summed E-state index contributed by atoms with van der Waals surface area (Å²) in [6, 6.07) is 18.0. The summed E-state index contributed by atoms with van der Waals surface area (Å²) in [7, 11) is 4.20. The molecule has 3 aromatic rings. The van der Waals surface area contributed by atoms with Gasteiger partial charge in [0.05, 0.1) is 0 Å². The Kier molecular flexibility index (Phi) is 2.86. The molecule has 21 heavy (non-hydrogen) atoms. The van der Waals surface area contributed by atoms with Gasteiger partial charge in [0, 0.05) is 36.1 Å². The van der Waals surface area contributed by atoms with Crippen molar-refractivity contribution in [3.63, 3.8) is 0 Å². The second kappa shape index (κ2) is 4.74. The van der Waals surface area contributed by atoms with Crippen molar-refractivity contribution >= 4 is 10.9 Å². The van der Waals surface area contributed by atoms with Crippen LogP contribution in [0.25, 0.3) is 10.9 Å². The zero-order valence-electron chi connectivity index (χ0n) is 12.5. The van der Waals surface area contributed by atoms with Gasteiger partial charge in [0.2, 0.25) is 0 Å². The van der Waals surface area contributed by atoms with Gasteiger partial charge in [0.15, 0.2) is 0 Å². The van der Waals surface area contributed by atoms with E-state index in [1.165, 1.54) is 27.6 Å². The van der Waals surface area contributed by atoms with Crippen molar-refractivity contribution in [3.05, 3.63) is 71.4 Å². The van der Waals surface area contributed by atoms with E-state index in [4.69, 9.17) is 0 Å². The zero-order chi connectivity index (χ0) is 14.4. The molecule has 2 aromatic carbocycles. The van der Waals surface area contributed by atoms with E-state index >= 15 is 0 Å². The number of rotatable bonds is 2. The number of benzene rings is 2. The summed E-state index contributed by atoms with van der Waals surface area (Å²) < 4.78 is 2.25. The predicted molar refractivity (Wildman–Crippen MR) is 87.6 cm³/mol. The molecule has 0 amide bonds. The van der Waals surface area contributed by atoms with E-state index in [0.717, 1.165) is 6.42 Å². The van der Waals surface area contributed by atoms with Gasteiger partial charge in [-0.25, -0.2) is 0 Å². The van der Waals surface area contributed by atoms with Gasteiger partial charge in [0.25, 0.3) is 0 Å². The highest BCUT2D eigenvalue weighted by molar-refractivity contribution is 5.85. The van der Waals surface area contributed by atoms with Gasteiger partial charge in [-0.3, -0.25) is 0 Å². The van der Waals surface area contributed by atoms with E-state index in [2.05, 4.69) is 78.7 Å². The first-order valence-electron chi connectivity index (χ1n) is 7.59. The smallest absolute Gasteiger partial charge is 0.0480 e. The largest absolute Gasteiger partial charge is 0.350 e. The van der Waals surface area contributed by atoms with Crippen LogP contribution in [-0.4, -0.2) is 11.6 Å². The molecular formula is C19H20N2. The Hall–Kier alpha value is -2.06. The quantitative estimate of drug-likeness (QED) is 0.749. The first kappa shape index (κ1) is 12.7. The van der Waals surface area contributed by atoms with Crippen molar-refractivity contribution in [2.75, 3.05) is 7.05 Å². The second-order valence-electron chi connectivity index (χ2n) is 5.97. The summed E-state index contributed by atoms with van der Waals surface area (Å²) in [5, 5.41) is 4.85. The van der Waals surface area contributed by atoms with Gasteiger partial charge < -0.3 is 9.88 Å². The lowest BCUT2D eigenvalue weighted by Gasteiger charge is -2.11. The van der Waals surface area contributed by atoms with Crippen LogP contribution < -0.4 is 5.32 Å². The molecule has 0 bridgehead atoms. The normalized spacial score (nSPS) is 20.9. The van der Waals surface area contributed by atoms with Gasteiger partial charge >= 0.3 is 0 Å². The van der Waals surface area contributed by atoms with Crippen molar-refractivity contribution in [1.29, 1.82) is 0 Å². The molecule has 2 heteroatoms. The summed E-state index contributed by atoms with van der Waals surface area (Å²) in [5.74, 6) is 0.491. The Labute approximate surface area is 125 Å². The van der Waals surface area contributed by atoms with Gasteiger partial charge in [-0.2, -0.15) is 0 Å². The monoisotopic (exact) mass is 276 g/mol. The SMILES string of the molecule is CN[C@H]1C[C@@H](c2cn(C)c3ccccc23)c2ccccc21. The first-order chi connectivity index (χ1) is 10.3. The maximum atomic E-state index is 3.47. The first-order valence-corrected chi connectivity index (χ1v) is 7.59. The second-order valence-corrected chi connectivity index (χ2v) is 5.97. The maximum absolute atomic E-state index is 3.47. The highest BCUT2D eigenvalue weighted by Gasteiger charge is 2.32. The minimum Gasteiger partial charge on any atom is -0.350 e. The summed E-state index contributed by atoms with van der Waals surface area (Å²) >= 11 is 0. The lowest BCUT2D eigenvalue weighted by molar-refractivity contribution is 0.565. The lowest BCUT2D eigenvalue weighted by Crippen LogP contribution is -2.13. The summed E-state index contributed by atoms with van der Waals surface area (Å²) in [5.41, 5.74) is 5.71. The molecule has 1 aliphatic carbocycles. The predicted octanol–water partition coefficient (Wildman–Crippen LogP) is 3.97. The fraction of sp³-hybridized carbons (Fsp3) is 0.263. The van der Waals surface area contributed by atoms with Gasteiger partial charge in [-0.1, -0.05) is 42.5 Å². The maximum Gasteiger partial charge on any atom is 0.0480 e. The molecule has 0 saturated heterocycles. The Morgan fingerprint density at radius 2 is 1.67 bits per heavy atom. The van der Waals surface area contributed by atoms with Crippen LogP contribution in [0.5, 0.6) is 0 Å². The third-order valence-electron chi connectivity index (χ3n) is 4.87. The Balaban J connectivity index is 1.91. The molecule has 2 nitrogen and oxygen atoms in total. The molecule has 2 atom stereocenters. The summed E-state index contributed by atoms with van der Waals surface area (Å²) in [4.78, 5) is 0. The molecule has 1 heterocycles. The van der Waals surface area contributed by atoms with Crippen LogP contribution in [0.15, 0.2) is 54.7 Å². The third kappa shape index (κ3) is 1.83. The number of nitrogens with zero attached hydrogens (tertiary/aromatic N) is 1. The molecule has 1 N–H and O–H groups in total. The van der Waals surface area contributed by atoms with Crippen molar-refractivity contribution < 1.29 is 0 Å². The molecule has 4 rings (SSSR count). The summed E-state index contributed by atoms with van der Waals surface area (Å²) in [6.07, 6.45) is 3.45. The van der Waals surface area contributed by atoms with Crippen LogP contribution >= 0.6 is 0 Å². The van der Waals surface area contributed by atoms with Crippen molar-refractivity contribution in [1.82, 2.24) is 9.88 Å². The van der Waals surface area contributed by atoms with Crippen LogP contribution in [0.4, 0.5) is 0 Å². The molecule has 1 aliphatic rings. The zero-order valence-corrected chi connectivity index (χ0v) is 12.5. The van der Waals surface area contributed by atoms with Crippen LogP contribution in [-0.2, 0) is 7.05 Å². The molecule has 106 valence electrons. The molecule has 0 saturated carbocycles. The minimum atomic E-state index is 0.463. The fourth-order valence-corrected chi connectivity index (χ4v) is 3.85. The highest BCUT2D eigenvalue weighted by Crippen LogP contribution is 2.45. The third-order valence-corrected chi connectivity index (χ3v) is 4.87. The number of hydrogen-bond donors (Lipinski definition) is 1.